The zero-order valence-electron chi connectivity index (χ0n) is 12.5. The number of aromatic nitrogens is 2. The molecule has 22 heavy (non-hydrogen) atoms. The summed E-state index contributed by atoms with van der Waals surface area (Å²) in [4.78, 5) is 10.5. The van der Waals surface area contributed by atoms with E-state index in [1.54, 1.807) is 6.07 Å². The number of rotatable bonds is 5. The summed E-state index contributed by atoms with van der Waals surface area (Å²) in [7, 11) is 0. The third-order valence-corrected chi connectivity index (χ3v) is 4.30. The number of anilines is 1. The summed E-state index contributed by atoms with van der Waals surface area (Å²) in [5.41, 5.74) is 0.359. The molecule has 2 aromatic rings. The van der Waals surface area contributed by atoms with Crippen molar-refractivity contribution >= 4 is 16.7 Å². The molecule has 1 fully saturated rings. The minimum Gasteiger partial charge on any atom is -0.395 e. The number of aliphatic hydroxyl groups excluding tert-OH is 1. The van der Waals surface area contributed by atoms with Crippen LogP contribution in [0.4, 0.5) is 10.2 Å². The van der Waals surface area contributed by atoms with Gasteiger partial charge in [-0.3, -0.25) is 0 Å². The van der Waals surface area contributed by atoms with Crippen molar-refractivity contribution in [3.05, 3.63) is 30.3 Å². The fourth-order valence-corrected chi connectivity index (χ4v) is 2.99. The third kappa shape index (κ3) is 3.34. The Kier molecular flexibility index (Phi) is 4.80. The Morgan fingerprint density at radius 1 is 1.27 bits per heavy atom. The molecule has 1 aliphatic rings. The second-order valence-corrected chi connectivity index (χ2v) is 5.75. The van der Waals surface area contributed by atoms with Crippen LogP contribution in [0.3, 0.4) is 0 Å². The Bertz CT molecular complexity index is 629. The van der Waals surface area contributed by atoms with E-state index >= 15 is 0 Å². The molecule has 0 unspecified atom stereocenters. The smallest absolute Gasteiger partial charge is 0.149 e. The van der Waals surface area contributed by atoms with Crippen LogP contribution < -0.4 is 5.32 Å². The third-order valence-electron chi connectivity index (χ3n) is 4.30. The molecule has 1 aromatic carbocycles. The molecule has 0 amide bonds. The summed E-state index contributed by atoms with van der Waals surface area (Å²) >= 11 is 0. The molecule has 0 radical (unpaired) electrons. The van der Waals surface area contributed by atoms with Gasteiger partial charge in [-0.15, -0.1) is 0 Å². The summed E-state index contributed by atoms with van der Waals surface area (Å²) in [6.45, 7) is 3.85. The van der Waals surface area contributed by atoms with Crippen molar-refractivity contribution in [3.8, 4) is 0 Å². The summed E-state index contributed by atoms with van der Waals surface area (Å²) in [5.74, 6) is 0.955. The van der Waals surface area contributed by atoms with Crippen LogP contribution in [0.1, 0.15) is 12.8 Å². The molecule has 0 aliphatic carbocycles. The number of nitrogens with zero attached hydrogens (tertiary/aromatic N) is 3. The van der Waals surface area contributed by atoms with Gasteiger partial charge in [0.15, 0.2) is 0 Å². The number of benzene rings is 1. The van der Waals surface area contributed by atoms with Gasteiger partial charge in [0.2, 0.25) is 0 Å². The number of halogens is 1. The first-order valence-corrected chi connectivity index (χ1v) is 7.74. The molecule has 1 aliphatic heterocycles. The Morgan fingerprint density at radius 2 is 2.09 bits per heavy atom. The molecule has 118 valence electrons. The maximum atomic E-state index is 13.7. The normalized spacial score (nSPS) is 17.0. The molecule has 2 N–H and O–H groups in total. The first-order valence-electron chi connectivity index (χ1n) is 7.74. The van der Waals surface area contributed by atoms with Crippen LogP contribution in [-0.2, 0) is 0 Å². The molecule has 0 atom stereocenters. The number of aliphatic hydroxyl groups is 1. The lowest BCUT2D eigenvalue weighted by molar-refractivity contribution is 0.151. The Balaban J connectivity index is 1.62. The lowest BCUT2D eigenvalue weighted by Crippen LogP contribution is -2.37. The molecule has 0 bridgehead atoms. The van der Waals surface area contributed by atoms with E-state index in [1.807, 2.05) is 6.07 Å². The number of hydrogen-bond donors (Lipinski definition) is 2. The molecular formula is C16H21FN4O. The first-order chi connectivity index (χ1) is 10.8. The van der Waals surface area contributed by atoms with Crippen molar-refractivity contribution in [2.24, 2.45) is 5.92 Å². The Labute approximate surface area is 129 Å². The number of β-amino-alcohol motifs (C(OH)–C–C–N with tert-alkyl or cyclic N) is 1. The molecular weight excluding hydrogens is 283 g/mol. The standard InChI is InChI=1S/C16H21FN4O/c17-14-3-1-2-13-15(14)19-11-20-16(13)18-10-12-4-6-21(7-5-12)8-9-22/h1-3,11-12,22H,4-10H2,(H,18,19,20). The van der Waals surface area contributed by atoms with Crippen LogP contribution in [0.2, 0.25) is 0 Å². The second kappa shape index (κ2) is 6.98. The van der Waals surface area contributed by atoms with Crippen molar-refractivity contribution in [3.63, 3.8) is 0 Å². The maximum absolute atomic E-state index is 13.7. The van der Waals surface area contributed by atoms with Gasteiger partial charge in [-0.1, -0.05) is 6.07 Å². The van der Waals surface area contributed by atoms with Gasteiger partial charge in [-0.2, -0.15) is 0 Å². The van der Waals surface area contributed by atoms with Gasteiger partial charge in [-0.05, 0) is 44.0 Å². The van der Waals surface area contributed by atoms with Crippen molar-refractivity contribution < 1.29 is 9.50 Å². The number of fused-ring (bicyclic) bond motifs is 1. The van der Waals surface area contributed by atoms with Gasteiger partial charge in [0.25, 0.3) is 0 Å². The van der Waals surface area contributed by atoms with E-state index in [2.05, 4.69) is 20.2 Å². The molecule has 1 aromatic heterocycles. The minimum absolute atomic E-state index is 0.224. The predicted molar refractivity (Wildman–Crippen MR) is 84.2 cm³/mol. The van der Waals surface area contributed by atoms with Gasteiger partial charge in [0, 0.05) is 18.5 Å². The molecule has 6 heteroatoms. The summed E-state index contributed by atoms with van der Waals surface area (Å²) in [6, 6.07) is 4.93. The van der Waals surface area contributed by atoms with Crippen LogP contribution in [0, 0.1) is 11.7 Å². The highest BCUT2D eigenvalue weighted by molar-refractivity contribution is 5.89. The van der Waals surface area contributed by atoms with Gasteiger partial charge in [-0.25, -0.2) is 14.4 Å². The lowest BCUT2D eigenvalue weighted by atomic mass is 9.97. The molecule has 1 saturated heterocycles. The highest BCUT2D eigenvalue weighted by atomic mass is 19.1. The number of nitrogens with one attached hydrogen (secondary N) is 1. The van der Waals surface area contributed by atoms with Crippen molar-refractivity contribution in [1.82, 2.24) is 14.9 Å². The molecule has 5 nitrogen and oxygen atoms in total. The summed E-state index contributed by atoms with van der Waals surface area (Å²) in [6.07, 6.45) is 3.60. The van der Waals surface area contributed by atoms with Gasteiger partial charge >= 0.3 is 0 Å². The SMILES string of the molecule is OCCN1CCC(CNc2ncnc3c(F)cccc23)CC1. The highest BCUT2D eigenvalue weighted by Crippen LogP contribution is 2.23. The minimum atomic E-state index is -0.319. The largest absolute Gasteiger partial charge is 0.395 e. The maximum Gasteiger partial charge on any atom is 0.149 e. The second-order valence-electron chi connectivity index (χ2n) is 5.75. The quantitative estimate of drug-likeness (QED) is 0.883. The van der Waals surface area contributed by atoms with E-state index in [0.29, 0.717) is 17.3 Å². The van der Waals surface area contributed by atoms with Crippen molar-refractivity contribution in [2.75, 3.05) is 38.1 Å². The monoisotopic (exact) mass is 304 g/mol. The fourth-order valence-electron chi connectivity index (χ4n) is 2.99. The average molecular weight is 304 g/mol. The fraction of sp³-hybridized carbons (Fsp3) is 0.500. The number of likely N-dealkylation sites (tertiary alicyclic amines) is 1. The van der Waals surface area contributed by atoms with Gasteiger partial charge in [0.05, 0.1) is 6.61 Å². The zero-order chi connectivity index (χ0) is 15.4. The van der Waals surface area contributed by atoms with Crippen molar-refractivity contribution in [2.45, 2.75) is 12.8 Å². The van der Waals surface area contributed by atoms with E-state index in [9.17, 15) is 4.39 Å². The van der Waals surface area contributed by atoms with E-state index in [0.717, 1.165) is 44.4 Å². The van der Waals surface area contributed by atoms with Crippen LogP contribution in [0.25, 0.3) is 10.9 Å². The van der Waals surface area contributed by atoms with Crippen LogP contribution >= 0.6 is 0 Å². The molecule has 2 heterocycles. The molecule has 3 rings (SSSR count). The Hall–Kier alpha value is -1.79. The first kappa shape index (κ1) is 15.1. The van der Waals surface area contributed by atoms with Gasteiger partial charge < -0.3 is 15.3 Å². The zero-order valence-corrected chi connectivity index (χ0v) is 12.5. The van der Waals surface area contributed by atoms with Crippen LogP contribution in [0.15, 0.2) is 24.5 Å². The van der Waals surface area contributed by atoms with Crippen LogP contribution in [0.5, 0.6) is 0 Å². The number of para-hydroxylation sites is 1. The van der Waals surface area contributed by atoms with Crippen molar-refractivity contribution in [1.29, 1.82) is 0 Å². The summed E-state index contributed by atoms with van der Waals surface area (Å²) in [5, 5.41) is 13.0. The van der Waals surface area contributed by atoms with E-state index in [-0.39, 0.29) is 12.4 Å². The van der Waals surface area contributed by atoms with E-state index in [4.69, 9.17) is 5.11 Å². The predicted octanol–water partition coefficient (Wildman–Crippen LogP) is 1.89. The topological polar surface area (TPSA) is 61.3 Å². The van der Waals surface area contributed by atoms with E-state index < -0.39 is 0 Å². The molecule has 0 spiro atoms. The van der Waals surface area contributed by atoms with Gasteiger partial charge in [0.1, 0.15) is 23.5 Å². The van der Waals surface area contributed by atoms with Crippen LogP contribution in [-0.4, -0.2) is 52.8 Å². The lowest BCUT2D eigenvalue weighted by Gasteiger charge is -2.31. The highest BCUT2D eigenvalue weighted by Gasteiger charge is 2.19. The molecule has 0 saturated carbocycles. The Morgan fingerprint density at radius 3 is 2.86 bits per heavy atom. The summed E-state index contributed by atoms with van der Waals surface area (Å²) < 4.78 is 13.7. The number of hydrogen-bond acceptors (Lipinski definition) is 5. The average Bonchev–Trinajstić information content (AvgIpc) is 2.55. The van der Waals surface area contributed by atoms with E-state index in [1.165, 1.54) is 12.4 Å². The number of piperidine rings is 1.